The van der Waals surface area contributed by atoms with Gasteiger partial charge < -0.3 is 5.32 Å². The fourth-order valence-corrected chi connectivity index (χ4v) is 4.30. The molecule has 0 aliphatic heterocycles. The van der Waals surface area contributed by atoms with Crippen molar-refractivity contribution in [1.82, 2.24) is 9.88 Å². The number of carbonyl (C=O) groups is 1. The van der Waals surface area contributed by atoms with Crippen molar-refractivity contribution in [3.8, 4) is 0 Å². The molecular formula is C24H26FN3OS. The topological polar surface area (TPSA) is 45.2 Å². The number of hydrogen-bond donors (Lipinski definition) is 1. The summed E-state index contributed by atoms with van der Waals surface area (Å²) in [6.45, 7) is 5.25. The largest absolute Gasteiger partial charge is 0.325 e. The van der Waals surface area contributed by atoms with Crippen LogP contribution in [0.1, 0.15) is 40.2 Å². The van der Waals surface area contributed by atoms with Crippen molar-refractivity contribution >= 4 is 22.9 Å². The van der Waals surface area contributed by atoms with Crippen LogP contribution in [0, 0.1) is 19.7 Å². The Hall–Kier alpha value is -2.57. The molecule has 1 fully saturated rings. The molecule has 1 aromatic heterocycles. The highest BCUT2D eigenvalue weighted by molar-refractivity contribution is 7.09. The molecule has 1 saturated carbocycles. The molecule has 0 bridgehead atoms. The first-order chi connectivity index (χ1) is 14.5. The first-order valence-electron chi connectivity index (χ1n) is 10.3. The average Bonchev–Trinajstić information content (AvgIpc) is 3.47. The predicted molar refractivity (Wildman–Crippen MR) is 119 cm³/mol. The van der Waals surface area contributed by atoms with Crippen LogP contribution in [-0.2, 0) is 24.3 Å². The molecule has 1 aliphatic rings. The highest BCUT2D eigenvalue weighted by atomic mass is 32.1. The number of aryl methyl sites for hydroxylation is 2. The number of rotatable bonds is 8. The number of carbonyl (C=O) groups excluding carboxylic acids is 1. The highest BCUT2D eigenvalue weighted by Gasteiger charge is 2.30. The second-order valence-electron chi connectivity index (χ2n) is 8.00. The summed E-state index contributed by atoms with van der Waals surface area (Å²) >= 11 is 1.51. The number of thiazole rings is 1. The van der Waals surface area contributed by atoms with Crippen LogP contribution in [0.4, 0.5) is 10.1 Å². The van der Waals surface area contributed by atoms with E-state index in [0.717, 1.165) is 40.4 Å². The second kappa shape index (κ2) is 9.06. The van der Waals surface area contributed by atoms with Crippen LogP contribution in [0.15, 0.2) is 47.8 Å². The van der Waals surface area contributed by atoms with Crippen molar-refractivity contribution < 1.29 is 9.18 Å². The van der Waals surface area contributed by atoms with Gasteiger partial charge >= 0.3 is 0 Å². The molecule has 0 atom stereocenters. The fourth-order valence-electron chi connectivity index (χ4n) is 3.51. The zero-order valence-corrected chi connectivity index (χ0v) is 18.1. The maximum absolute atomic E-state index is 14.1. The Labute approximate surface area is 180 Å². The van der Waals surface area contributed by atoms with Crippen LogP contribution >= 0.6 is 11.3 Å². The quantitative estimate of drug-likeness (QED) is 0.539. The lowest BCUT2D eigenvalue weighted by atomic mass is 10.1. The van der Waals surface area contributed by atoms with Gasteiger partial charge in [-0.05, 0) is 49.9 Å². The van der Waals surface area contributed by atoms with E-state index >= 15 is 0 Å². The molecule has 0 unspecified atom stereocenters. The maximum Gasteiger partial charge on any atom is 0.231 e. The van der Waals surface area contributed by atoms with Crippen molar-refractivity contribution in [2.45, 2.75) is 52.2 Å². The molecule has 1 N–H and O–H groups in total. The summed E-state index contributed by atoms with van der Waals surface area (Å²) in [5.41, 5.74) is 4.66. The molecule has 1 aliphatic carbocycles. The van der Waals surface area contributed by atoms with Gasteiger partial charge in [0.2, 0.25) is 5.91 Å². The molecule has 0 radical (unpaired) electrons. The van der Waals surface area contributed by atoms with E-state index in [0.29, 0.717) is 24.7 Å². The average molecular weight is 424 g/mol. The molecular weight excluding hydrogens is 397 g/mol. The van der Waals surface area contributed by atoms with Crippen LogP contribution in [0.2, 0.25) is 0 Å². The molecule has 1 heterocycles. The Bertz CT molecular complexity index is 1040. The molecule has 30 heavy (non-hydrogen) atoms. The minimum atomic E-state index is -0.162. The van der Waals surface area contributed by atoms with E-state index in [1.54, 1.807) is 6.07 Å². The van der Waals surface area contributed by atoms with Gasteiger partial charge in [0.15, 0.2) is 0 Å². The summed E-state index contributed by atoms with van der Waals surface area (Å²) in [5, 5.41) is 5.80. The van der Waals surface area contributed by atoms with E-state index in [4.69, 9.17) is 0 Å². The number of halogens is 1. The van der Waals surface area contributed by atoms with E-state index in [9.17, 15) is 9.18 Å². The van der Waals surface area contributed by atoms with Crippen LogP contribution < -0.4 is 5.32 Å². The van der Waals surface area contributed by atoms with Crippen LogP contribution in [0.3, 0.4) is 0 Å². The summed E-state index contributed by atoms with van der Waals surface area (Å²) in [7, 11) is 0. The summed E-state index contributed by atoms with van der Waals surface area (Å²) in [5.74, 6) is -0.222. The Morgan fingerprint density at radius 2 is 2.00 bits per heavy atom. The standard InChI is InChI=1S/C24H26FN3OS/c1-16-7-8-17(2)22(11-16)27-23(29)12-24-26-19(15-30-24)14-28(20-9-10-20)13-18-5-3-4-6-21(18)25/h3-8,11,15,20H,9-10,12-14H2,1-2H3,(H,27,29). The SMILES string of the molecule is Cc1ccc(C)c(NC(=O)Cc2nc(CN(Cc3ccccc3F)C3CC3)cs2)c1. The third-order valence-electron chi connectivity index (χ3n) is 5.34. The number of amides is 1. The summed E-state index contributed by atoms with van der Waals surface area (Å²) < 4.78 is 14.1. The molecule has 2 aromatic carbocycles. The molecule has 4 nitrogen and oxygen atoms in total. The second-order valence-corrected chi connectivity index (χ2v) is 8.95. The summed E-state index contributed by atoms with van der Waals surface area (Å²) in [6.07, 6.45) is 2.54. The molecule has 1 amide bonds. The Morgan fingerprint density at radius 3 is 2.77 bits per heavy atom. The summed E-state index contributed by atoms with van der Waals surface area (Å²) in [6, 6.07) is 13.5. The molecule has 156 valence electrons. The predicted octanol–water partition coefficient (Wildman–Crippen LogP) is 5.24. The fraction of sp³-hybridized carbons (Fsp3) is 0.333. The Kier molecular flexibility index (Phi) is 6.25. The molecule has 6 heteroatoms. The van der Waals surface area contributed by atoms with Crippen LogP contribution in [-0.4, -0.2) is 21.8 Å². The zero-order valence-electron chi connectivity index (χ0n) is 17.3. The highest BCUT2D eigenvalue weighted by Crippen LogP contribution is 2.30. The van der Waals surface area contributed by atoms with Gasteiger partial charge in [0.1, 0.15) is 10.8 Å². The van der Waals surface area contributed by atoms with Crippen molar-refractivity contribution in [1.29, 1.82) is 0 Å². The minimum Gasteiger partial charge on any atom is -0.325 e. The smallest absolute Gasteiger partial charge is 0.231 e. The lowest BCUT2D eigenvalue weighted by Gasteiger charge is -2.21. The Morgan fingerprint density at radius 1 is 1.20 bits per heavy atom. The van der Waals surface area contributed by atoms with Gasteiger partial charge in [-0.2, -0.15) is 0 Å². The monoisotopic (exact) mass is 423 g/mol. The normalized spacial score (nSPS) is 13.6. The zero-order chi connectivity index (χ0) is 21.1. The third kappa shape index (κ3) is 5.32. The van der Waals surface area contributed by atoms with Gasteiger partial charge in [-0.3, -0.25) is 9.69 Å². The van der Waals surface area contributed by atoms with Gasteiger partial charge in [0.05, 0.1) is 12.1 Å². The van der Waals surface area contributed by atoms with Crippen molar-refractivity contribution in [2.24, 2.45) is 0 Å². The minimum absolute atomic E-state index is 0.0602. The third-order valence-corrected chi connectivity index (χ3v) is 6.24. The number of nitrogens with one attached hydrogen (secondary N) is 1. The molecule has 0 spiro atoms. The van der Waals surface area contributed by atoms with Crippen LogP contribution in [0.25, 0.3) is 0 Å². The first kappa shape index (κ1) is 20.7. The summed E-state index contributed by atoms with van der Waals surface area (Å²) in [4.78, 5) is 19.4. The van der Waals surface area contributed by atoms with Gasteiger partial charge in [-0.15, -0.1) is 11.3 Å². The number of benzene rings is 2. The maximum atomic E-state index is 14.1. The first-order valence-corrected chi connectivity index (χ1v) is 11.1. The van der Waals surface area contributed by atoms with Gasteiger partial charge in [0.25, 0.3) is 0 Å². The van der Waals surface area contributed by atoms with E-state index in [-0.39, 0.29) is 18.1 Å². The van der Waals surface area contributed by atoms with E-state index in [2.05, 4.69) is 15.2 Å². The molecule has 0 saturated heterocycles. The number of aromatic nitrogens is 1. The molecule has 4 rings (SSSR count). The lowest BCUT2D eigenvalue weighted by molar-refractivity contribution is -0.115. The Balaban J connectivity index is 1.37. The van der Waals surface area contributed by atoms with Gasteiger partial charge in [-0.1, -0.05) is 30.3 Å². The van der Waals surface area contributed by atoms with E-state index < -0.39 is 0 Å². The van der Waals surface area contributed by atoms with Crippen molar-refractivity contribution in [3.05, 3.63) is 81.1 Å². The number of hydrogen-bond acceptors (Lipinski definition) is 4. The van der Waals surface area contributed by atoms with Crippen molar-refractivity contribution in [3.63, 3.8) is 0 Å². The number of anilines is 1. The lowest BCUT2D eigenvalue weighted by Crippen LogP contribution is -2.25. The molecule has 3 aromatic rings. The van der Waals surface area contributed by atoms with Gasteiger partial charge in [-0.25, -0.2) is 9.37 Å². The van der Waals surface area contributed by atoms with Crippen LogP contribution in [0.5, 0.6) is 0 Å². The van der Waals surface area contributed by atoms with Gasteiger partial charge in [0, 0.05) is 35.8 Å². The number of nitrogens with zero attached hydrogens (tertiary/aromatic N) is 2. The van der Waals surface area contributed by atoms with E-state index in [1.807, 2.05) is 49.6 Å². The van der Waals surface area contributed by atoms with Crippen molar-refractivity contribution in [2.75, 3.05) is 5.32 Å². The van der Waals surface area contributed by atoms with E-state index in [1.165, 1.54) is 17.4 Å².